The first-order valence-corrected chi connectivity index (χ1v) is 6.70. The van der Waals surface area contributed by atoms with Crippen LogP contribution < -0.4 is 16.4 Å². The maximum absolute atomic E-state index is 11.4. The van der Waals surface area contributed by atoms with Crippen molar-refractivity contribution in [2.24, 2.45) is 10.9 Å². The molecular weight excluding hydrogens is 272 g/mol. The topological polar surface area (TPSA) is 109 Å². The Morgan fingerprint density at radius 3 is 2.95 bits per heavy atom. The summed E-state index contributed by atoms with van der Waals surface area (Å²) in [5.41, 5.74) is 7.19. The summed E-state index contributed by atoms with van der Waals surface area (Å²) >= 11 is 0. The minimum Gasteiger partial charge on any atom is -0.409 e. The van der Waals surface area contributed by atoms with Gasteiger partial charge in [0.1, 0.15) is 0 Å². The third kappa shape index (κ3) is 6.73. The molecule has 0 saturated carbocycles. The highest BCUT2D eigenvalue weighted by molar-refractivity contribution is 5.97. The molecule has 5 N–H and O–H groups in total. The van der Waals surface area contributed by atoms with Gasteiger partial charge in [-0.2, -0.15) is 0 Å². The van der Waals surface area contributed by atoms with Crippen LogP contribution in [0.3, 0.4) is 0 Å². The van der Waals surface area contributed by atoms with Crippen molar-refractivity contribution in [3.63, 3.8) is 0 Å². The van der Waals surface area contributed by atoms with Crippen molar-refractivity contribution < 1.29 is 14.7 Å². The molecular formula is C14H22N4O3. The zero-order valence-electron chi connectivity index (χ0n) is 12.1. The fourth-order valence-electron chi connectivity index (χ4n) is 1.71. The number of carbonyl (C=O) groups excluding carboxylic acids is 1. The number of nitrogens with one attached hydrogen (secondary N) is 2. The van der Waals surface area contributed by atoms with Gasteiger partial charge in [0.25, 0.3) is 0 Å². The molecule has 1 aromatic rings. The Labute approximate surface area is 124 Å². The summed E-state index contributed by atoms with van der Waals surface area (Å²) in [5, 5.41) is 17.5. The number of oxime groups is 1. The summed E-state index contributed by atoms with van der Waals surface area (Å²) in [6.07, 6.45) is 0.406. The van der Waals surface area contributed by atoms with E-state index in [1.807, 2.05) is 18.2 Å². The molecule has 7 nitrogen and oxygen atoms in total. The van der Waals surface area contributed by atoms with E-state index >= 15 is 0 Å². The molecule has 1 aromatic carbocycles. The molecule has 0 fully saturated rings. The minimum absolute atomic E-state index is 0.00930. The Morgan fingerprint density at radius 1 is 1.43 bits per heavy atom. The molecule has 21 heavy (non-hydrogen) atoms. The summed E-state index contributed by atoms with van der Waals surface area (Å²) in [7, 11) is 1.59. The van der Waals surface area contributed by atoms with Crippen molar-refractivity contribution in [2.75, 3.05) is 26.8 Å². The number of nitrogens with two attached hydrogens (primary N) is 1. The predicted octanol–water partition coefficient (Wildman–Crippen LogP) is 0.0234. The van der Waals surface area contributed by atoms with Crippen LogP contribution in [-0.2, 0) is 16.1 Å². The van der Waals surface area contributed by atoms with E-state index in [-0.39, 0.29) is 11.7 Å². The molecule has 0 aliphatic carbocycles. The Bertz CT molecular complexity index is 477. The normalized spacial score (nSPS) is 11.4. The lowest BCUT2D eigenvalue weighted by molar-refractivity contribution is -0.121. The van der Waals surface area contributed by atoms with Gasteiger partial charge in [-0.05, 0) is 11.6 Å². The van der Waals surface area contributed by atoms with Gasteiger partial charge in [0.05, 0.1) is 6.61 Å². The molecule has 0 radical (unpaired) electrons. The smallest absolute Gasteiger partial charge is 0.221 e. The van der Waals surface area contributed by atoms with Crippen molar-refractivity contribution in [1.29, 1.82) is 0 Å². The van der Waals surface area contributed by atoms with Crippen molar-refractivity contribution in [1.82, 2.24) is 10.6 Å². The lowest BCUT2D eigenvalue weighted by atomic mass is 10.1. The second-order valence-corrected chi connectivity index (χ2v) is 4.46. The molecule has 0 saturated heterocycles. The average Bonchev–Trinajstić information content (AvgIpc) is 2.51. The van der Waals surface area contributed by atoms with E-state index in [1.165, 1.54) is 0 Å². The maximum atomic E-state index is 11.4. The molecule has 0 atom stereocenters. The first-order valence-electron chi connectivity index (χ1n) is 6.70. The van der Waals surface area contributed by atoms with Gasteiger partial charge in [0.15, 0.2) is 5.84 Å². The Kier molecular flexibility index (Phi) is 7.85. The third-order valence-electron chi connectivity index (χ3n) is 2.82. The Balaban J connectivity index is 2.28. The van der Waals surface area contributed by atoms with Crippen LogP contribution in [-0.4, -0.2) is 43.8 Å². The number of ether oxygens (including phenoxy) is 1. The Hall–Kier alpha value is -2.12. The molecule has 1 amide bonds. The van der Waals surface area contributed by atoms with Gasteiger partial charge in [-0.25, -0.2) is 0 Å². The maximum Gasteiger partial charge on any atom is 0.221 e. The molecule has 0 spiro atoms. The lowest BCUT2D eigenvalue weighted by Gasteiger charge is -2.07. The number of hydrogen-bond acceptors (Lipinski definition) is 5. The van der Waals surface area contributed by atoms with E-state index in [9.17, 15) is 4.79 Å². The van der Waals surface area contributed by atoms with Crippen LogP contribution in [0.2, 0.25) is 0 Å². The largest absolute Gasteiger partial charge is 0.409 e. The molecule has 0 aliphatic rings. The van der Waals surface area contributed by atoms with Crippen molar-refractivity contribution in [2.45, 2.75) is 13.0 Å². The van der Waals surface area contributed by atoms with Gasteiger partial charge in [-0.15, -0.1) is 0 Å². The first-order chi connectivity index (χ1) is 10.2. The van der Waals surface area contributed by atoms with Crippen molar-refractivity contribution in [3.8, 4) is 0 Å². The van der Waals surface area contributed by atoms with Crippen molar-refractivity contribution in [3.05, 3.63) is 35.4 Å². The molecule has 0 aromatic heterocycles. The zero-order chi connectivity index (χ0) is 15.5. The highest BCUT2D eigenvalue weighted by atomic mass is 16.5. The summed E-state index contributed by atoms with van der Waals surface area (Å²) in [4.78, 5) is 11.4. The van der Waals surface area contributed by atoms with E-state index in [0.29, 0.717) is 38.2 Å². The SMILES string of the molecule is COCCNC(=O)CCNCc1cccc(/C(N)=N/O)c1. The fraction of sp³-hybridized carbons (Fsp3) is 0.429. The van der Waals surface area contributed by atoms with E-state index in [0.717, 1.165) is 5.56 Å². The number of benzene rings is 1. The molecule has 0 bridgehead atoms. The number of hydrogen-bond donors (Lipinski definition) is 4. The predicted molar refractivity (Wildman–Crippen MR) is 80.2 cm³/mol. The Morgan fingerprint density at radius 2 is 2.24 bits per heavy atom. The molecule has 7 heteroatoms. The minimum atomic E-state index is -0.00930. The average molecular weight is 294 g/mol. The zero-order valence-corrected chi connectivity index (χ0v) is 12.1. The first kappa shape index (κ1) is 16.9. The quantitative estimate of drug-likeness (QED) is 0.169. The number of rotatable bonds is 9. The van der Waals surface area contributed by atoms with Crippen LogP contribution in [0.1, 0.15) is 17.5 Å². The van der Waals surface area contributed by atoms with Crippen molar-refractivity contribution >= 4 is 11.7 Å². The van der Waals surface area contributed by atoms with Gasteiger partial charge >= 0.3 is 0 Å². The van der Waals surface area contributed by atoms with Gasteiger partial charge in [0, 0.05) is 38.7 Å². The molecule has 0 aliphatic heterocycles. The van der Waals surface area contributed by atoms with Crippen LogP contribution in [0.15, 0.2) is 29.4 Å². The summed E-state index contributed by atoms with van der Waals surface area (Å²) < 4.78 is 4.85. The second-order valence-electron chi connectivity index (χ2n) is 4.46. The van der Waals surface area contributed by atoms with Crippen LogP contribution in [0.5, 0.6) is 0 Å². The molecule has 116 valence electrons. The number of amidine groups is 1. The van der Waals surface area contributed by atoms with E-state index in [2.05, 4.69) is 15.8 Å². The second kappa shape index (κ2) is 9.73. The summed E-state index contributed by atoms with van der Waals surface area (Å²) in [6, 6.07) is 7.37. The standard InChI is InChI=1S/C14H22N4O3/c1-21-8-7-17-13(19)5-6-16-10-11-3-2-4-12(9-11)14(15)18-20/h2-4,9,16,20H,5-8,10H2,1H3,(H2,15,18)(H,17,19). The van der Waals surface area contributed by atoms with Gasteiger partial charge in [-0.1, -0.05) is 23.4 Å². The highest BCUT2D eigenvalue weighted by Crippen LogP contribution is 2.04. The molecule has 0 heterocycles. The number of carbonyl (C=O) groups is 1. The van der Waals surface area contributed by atoms with Crippen LogP contribution in [0.4, 0.5) is 0 Å². The lowest BCUT2D eigenvalue weighted by Crippen LogP contribution is -2.30. The fourth-order valence-corrected chi connectivity index (χ4v) is 1.71. The number of methoxy groups -OCH3 is 1. The summed E-state index contributed by atoms with van der Waals surface area (Å²) in [5.74, 6) is 0.0688. The van der Waals surface area contributed by atoms with Gasteiger partial charge in [0.2, 0.25) is 5.91 Å². The highest BCUT2D eigenvalue weighted by Gasteiger charge is 2.02. The van der Waals surface area contributed by atoms with E-state index in [1.54, 1.807) is 13.2 Å². The summed E-state index contributed by atoms with van der Waals surface area (Å²) in [6.45, 7) is 2.22. The van der Waals surface area contributed by atoms with Crippen LogP contribution in [0.25, 0.3) is 0 Å². The van der Waals surface area contributed by atoms with E-state index < -0.39 is 0 Å². The van der Waals surface area contributed by atoms with Gasteiger partial charge in [-0.3, -0.25) is 4.79 Å². The third-order valence-corrected chi connectivity index (χ3v) is 2.82. The monoisotopic (exact) mass is 294 g/mol. The van der Waals surface area contributed by atoms with E-state index in [4.69, 9.17) is 15.7 Å². The number of nitrogens with zero attached hydrogens (tertiary/aromatic N) is 1. The molecule has 0 unspecified atom stereocenters. The van der Waals surface area contributed by atoms with Crippen LogP contribution >= 0.6 is 0 Å². The number of amides is 1. The van der Waals surface area contributed by atoms with Crippen LogP contribution in [0, 0.1) is 0 Å². The molecule has 1 rings (SSSR count). The van der Waals surface area contributed by atoms with Gasteiger partial charge < -0.3 is 26.3 Å².